The third-order valence-corrected chi connectivity index (χ3v) is 12.9. The fourth-order valence-electron chi connectivity index (χ4n) is 6.27. The number of nitrogens with one attached hydrogen (secondary N) is 4. The highest BCUT2D eigenvalue weighted by Gasteiger charge is 2.35. The molecular weight excluding hydrogens is 1070 g/mol. The van der Waals surface area contributed by atoms with E-state index in [0.717, 1.165) is 48.8 Å². The molecule has 2 aromatic heterocycles. The summed E-state index contributed by atoms with van der Waals surface area (Å²) in [7, 11) is -3.75. The van der Waals surface area contributed by atoms with Crippen LogP contribution in [0.25, 0.3) is 0 Å². The smallest absolute Gasteiger partial charge is 0.416 e. The van der Waals surface area contributed by atoms with Crippen LogP contribution in [0.1, 0.15) is 54.4 Å². The average Bonchev–Trinajstić information content (AvgIpc) is 3.33. The molecule has 74 heavy (non-hydrogen) atoms. The topological polar surface area (TPSA) is 267 Å². The average molecular weight is 1110 g/mol. The molecular formula is C46H40Cl2F6N8O10S2. The molecule has 4 aromatic carbocycles. The predicted octanol–water partition coefficient (Wildman–Crippen LogP) is 9.49. The zero-order chi connectivity index (χ0) is 55.5. The number of isocyanates is 1. The number of aryl methyl sites for hydroxylation is 2. The number of alkyl halides is 6. The number of carbonyl (C=O) groups is 3. The van der Waals surface area contributed by atoms with Gasteiger partial charge in [0.05, 0.1) is 67.7 Å². The number of aliphatic imine (C=N–C) groups is 1. The zero-order valence-corrected chi connectivity index (χ0v) is 42.2. The summed E-state index contributed by atoms with van der Waals surface area (Å²) >= 11 is 11.9. The second-order valence-corrected chi connectivity index (χ2v) is 19.0. The van der Waals surface area contributed by atoms with Gasteiger partial charge in [0.15, 0.2) is 0 Å². The van der Waals surface area contributed by atoms with Gasteiger partial charge in [-0.2, -0.15) is 26.3 Å². The number of benzene rings is 4. The Morgan fingerprint density at radius 2 is 1.07 bits per heavy atom. The number of methoxy groups -OCH3 is 2. The lowest BCUT2D eigenvalue weighted by atomic mass is 10.0. The number of urea groups is 1. The molecule has 2 amide bonds. The second-order valence-electron chi connectivity index (χ2n) is 14.8. The second kappa shape index (κ2) is 24.3. The lowest BCUT2D eigenvalue weighted by molar-refractivity contribution is -0.139. The van der Waals surface area contributed by atoms with Crippen molar-refractivity contribution >= 4 is 89.7 Å². The summed E-state index contributed by atoms with van der Waals surface area (Å²) in [5, 5.41) is 4.79. The Morgan fingerprint density at radius 3 is 1.45 bits per heavy atom. The van der Waals surface area contributed by atoms with Crippen molar-refractivity contribution in [3.05, 3.63) is 152 Å². The van der Waals surface area contributed by atoms with Crippen LogP contribution in [0.15, 0.2) is 112 Å². The first-order valence-electron chi connectivity index (χ1n) is 20.4. The number of nitrogens with zero attached hydrogens (tertiary/aromatic N) is 3. The van der Waals surface area contributed by atoms with Crippen LogP contribution < -0.4 is 35.3 Å². The van der Waals surface area contributed by atoms with Gasteiger partial charge in [-0.3, -0.25) is 19.0 Å². The molecule has 28 heteroatoms. The van der Waals surface area contributed by atoms with E-state index in [2.05, 4.69) is 35.0 Å². The summed E-state index contributed by atoms with van der Waals surface area (Å²) in [4.78, 5) is 56.6. The van der Waals surface area contributed by atoms with E-state index in [-0.39, 0.29) is 72.2 Å². The van der Waals surface area contributed by atoms with Crippen LogP contribution in [0.5, 0.6) is 11.5 Å². The number of hydrogen-bond acceptors (Lipinski definition) is 14. The highest BCUT2D eigenvalue weighted by atomic mass is 35.5. The van der Waals surface area contributed by atoms with Crippen LogP contribution in [0.4, 0.5) is 53.9 Å². The number of nitrogen functional groups attached to an aromatic ring is 1. The summed E-state index contributed by atoms with van der Waals surface area (Å²) in [5.74, 6) is -1.31. The molecule has 0 saturated heterocycles. The first-order chi connectivity index (χ1) is 34.5. The molecule has 0 atom stereocenters. The van der Waals surface area contributed by atoms with E-state index in [0.29, 0.717) is 12.1 Å². The van der Waals surface area contributed by atoms with Crippen LogP contribution in [-0.4, -0.2) is 78.8 Å². The van der Waals surface area contributed by atoms with Crippen molar-refractivity contribution in [3.63, 3.8) is 0 Å². The van der Waals surface area contributed by atoms with E-state index < -0.39 is 76.6 Å². The van der Waals surface area contributed by atoms with Gasteiger partial charge in [0.2, 0.25) is 17.6 Å². The molecule has 0 aliphatic heterocycles. The van der Waals surface area contributed by atoms with Crippen molar-refractivity contribution in [2.24, 2.45) is 4.99 Å². The number of sulfonamides is 2. The normalized spacial score (nSPS) is 11.3. The van der Waals surface area contributed by atoms with E-state index in [1.807, 2.05) is 0 Å². The summed E-state index contributed by atoms with van der Waals surface area (Å²) in [6.45, 7) is 2.41. The molecule has 0 saturated carbocycles. The minimum Gasteiger partial charge on any atom is -0.496 e. The minimum absolute atomic E-state index is 0.00228. The number of rotatable bonds is 13. The third-order valence-electron chi connectivity index (χ3n) is 9.77. The fraction of sp³-hybridized carbons (Fsp3) is 0.174. The summed E-state index contributed by atoms with van der Waals surface area (Å²) in [6.07, 6.45) is -6.00. The fourth-order valence-corrected chi connectivity index (χ4v) is 8.75. The Bertz CT molecular complexity index is 3400. The van der Waals surface area contributed by atoms with Crippen molar-refractivity contribution in [2.45, 2.75) is 36.0 Å². The van der Waals surface area contributed by atoms with Crippen molar-refractivity contribution in [3.8, 4) is 11.5 Å². The van der Waals surface area contributed by atoms with Gasteiger partial charge >= 0.3 is 18.4 Å². The highest BCUT2D eigenvalue weighted by molar-refractivity contribution is 7.93. The largest absolute Gasteiger partial charge is 0.496 e. The summed E-state index contributed by atoms with van der Waals surface area (Å²) in [6, 6.07) is 15.2. The number of halogens is 8. The molecule has 0 radical (unpaired) electrons. The van der Waals surface area contributed by atoms with Gasteiger partial charge in [-0.25, -0.2) is 41.4 Å². The molecule has 0 fully saturated rings. The van der Waals surface area contributed by atoms with E-state index in [4.69, 9.17) is 43.2 Å². The summed E-state index contributed by atoms with van der Waals surface area (Å²) < 4.78 is 146. The molecule has 392 valence electrons. The Kier molecular flexibility index (Phi) is 19.3. The Morgan fingerprint density at radius 1 is 0.662 bits per heavy atom. The van der Waals surface area contributed by atoms with Gasteiger partial charge < -0.3 is 25.8 Å². The molecule has 2 heterocycles. The van der Waals surface area contributed by atoms with E-state index in [1.165, 1.54) is 84.6 Å². The Hall–Kier alpha value is -7.77. The monoisotopic (exact) mass is 1110 g/mol. The van der Waals surface area contributed by atoms with Crippen LogP contribution >= 0.6 is 23.2 Å². The number of amides is 2. The molecule has 0 aliphatic rings. The molecule has 0 bridgehead atoms. The maximum Gasteiger partial charge on any atom is 0.416 e. The molecule has 0 spiro atoms. The first-order valence-corrected chi connectivity index (χ1v) is 24.1. The van der Waals surface area contributed by atoms with Gasteiger partial charge in [0.25, 0.3) is 20.0 Å². The van der Waals surface area contributed by atoms with Crippen molar-refractivity contribution < 1.29 is 71.8 Å². The van der Waals surface area contributed by atoms with Crippen LogP contribution in [-0.2, 0) is 37.2 Å². The number of ketones is 2. The van der Waals surface area contributed by atoms with Crippen molar-refractivity contribution in [2.75, 3.05) is 48.8 Å². The predicted molar refractivity (Wildman–Crippen MR) is 262 cm³/mol. The van der Waals surface area contributed by atoms with Crippen molar-refractivity contribution in [1.82, 2.24) is 15.3 Å². The SMILES string of the molecule is CN=C=O.CNC(=O)Nc1ccc(OC)c(C(=O)c2ncc(Cl)cc2NS(=O)(=O)c2ccc(C)c(C(F)(F)F)c2)c1.COc1ccc(N)cc1C(=O)c1ncc(Cl)cc1NS(=O)(=O)c1ccc(C)c(C(F)(F)F)c1. The molecule has 0 unspecified atom stereocenters. The molecule has 6 aromatic rings. The van der Waals surface area contributed by atoms with Crippen LogP contribution in [0, 0.1) is 13.8 Å². The molecule has 0 aliphatic carbocycles. The number of hydrogen-bond donors (Lipinski definition) is 5. The van der Waals surface area contributed by atoms with E-state index in [1.54, 1.807) is 0 Å². The third kappa shape index (κ3) is 14.9. The van der Waals surface area contributed by atoms with E-state index >= 15 is 0 Å². The molecule has 6 N–H and O–H groups in total. The Labute approximate surface area is 428 Å². The standard InChI is InChI=1S/C23H20ClF3N4O5S.C21H17ClF3N3O4S.C2H3NO/c1-12-4-6-15(10-17(12)23(25,26)27)37(34,35)31-18-8-13(24)11-29-20(18)21(32)16-9-14(30-22(33)28-2)5-7-19(16)36-3;1-11-3-5-14(9-16(11)21(23,24)25)33(30,31)28-17-7-12(22)10-27-19(17)20(29)15-8-13(26)4-6-18(15)32-2;1-3-2-4/h4-11,31H,1-3H3,(H2,28,30,33);3-10,28H,26H2,1-2H3;1H3. The zero-order valence-electron chi connectivity index (χ0n) is 39.1. The number of pyridine rings is 2. The maximum absolute atomic E-state index is 13.4. The first kappa shape index (κ1) is 58.8. The molecule has 18 nitrogen and oxygen atoms in total. The lowest BCUT2D eigenvalue weighted by Crippen LogP contribution is -2.24. The van der Waals surface area contributed by atoms with Crippen LogP contribution in [0.2, 0.25) is 10.0 Å². The van der Waals surface area contributed by atoms with Gasteiger partial charge in [0, 0.05) is 37.9 Å². The van der Waals surface area contributed by atoms with Crippen molar-refractivity contribution in [1.29, 1.82) is 0 Å². The summed E-state index contributed by atoms with van der Waals surface area (Å²) in [5.41, 5.74) is 2.14. The van der Waals surface area contributed by atoms with Gasteiger partial charge in [-0.05, 0) is 97.8 Å². The van der Waals surface area contributed by atoms with E-state index in [9.17, 15) is 57.6 Å². The Balaban J connectivity index is 0.000000300. The van der Waals surface area contributed by atoms with Gasteiger partial charge in [0.1, 0.15) is 22.9 Å². The lowest BCUT2D eigenvalue weighted by Gasteiger charge is -2.16. The highest BCUT2D eigenvalue weighted by Crippen LogP contribution is 2.37. The quantitative estimate of drug-likeness (QED) is 0.0237. The maximum atomic E-state index is 13.4. The number of nitrogens with two attached hydrogens (primary N) is 1. The minimum atomic E-state index is -4.78. The van der Waals surface area contributed by atoms with Gasteiger partial charge in [-0.1, -0.05) is 35.3 Å². The molecule has 6 rings (SSSR count). The number of carbonyl (C=O) groups excluding carboxylic acids is 4. The number of aromatic nitrogens is 2. The van der Waals surface area contributed by atoms with Gasteiger partial charge in [-0.15, -0.1) is 0 Å². The number of ether oxygens (including phenoxy) is 2. The van der Waals surface area contributed by atoms with Crippen LogP contribution in [0.3, 0.4) is 0 Å². The number of anilines is 4.